The second kappa shape index (κ2) is 5.08. The molecule has 4 nitrogen and oxygen atoms in total. The van der Waals surface area contributed by atoms with E-state index in [0.29, 0.717) is 24.0 Å². The summed E-state index contributed by atoms with van der Waals surface area (Å²) in [6, 6.07) is 0. The molecule has 2 rings (SSSR count). The van der Waals surface area contributed by atoms with Crippen molar-refractivity contribution in [3.8, 4) is 0 Å². The highest BCUT2D eigenvalue weighted by atomic mass is 35.5. The summed E-state index contributed by atoms with van der Waals surface area (Å²) in [6.07, 6.45) is 4.63. The van der Waals surface area contributed by atoms with Crippen molar-refractivity contribution in [1.29, 1.82) is 0 Å². The average Bonchev–Trinajstić information content (AvgIpc) is 2.77. The number of aromatic nitrogens is 2. The van der Waals surface area contributed by atoms with Crippen LogP contribution >= 0.6 is 11.6 Å². The lowest BCUT2D eigenvalue weighted by atomic mass is 10.0. The van der Waals surface area contributed by atoms with Crippen LogP contribution < -0.4 is 0 Å². The zero-order chi connectivity index (χ0) is 12.4. The fraction of sp³-hybridized carbons (Fsp3) is 0.667. The summed E-state index contributed by atoms with van der Waals surface area (Å²) in [5.41, 5.74) is 0.914. The molecule has 5 heteroatoms. The van der Waals surface area contributed by atoms with Crippen LogP contribution in [0.5, 0.6) is 0 Å². The Bertz CT molecular complexity index is 396. The second-order valence-corrected chi connectivity index (χ2v) is 5.08. The van der Waals surface area contributed by atoms with Crippen molar-refractivity contribution in [2.24, 2.45) is 13.0 Å². The van der Waals surface area contributed by atoms with E-state index in [1.54, 1.807) is 6.33 Å². The fourth-order valence-electron chi connectivity index (χ4n) is 2.39. The standard InChI is InChI=1S/C12H18ClN3O/c1-3-4-9-5-11(17)16(6-9)7-10-12(13)14-8-15(10)2/h8-9H,3-7H2,1-2H3. The highest BCUT2D eigenvalue weighted by Crippen LogP contribution is 2.25. The van der Waals surface area contributed by atoms with E-state index in [2.05, 4.69) is 11.9 Å². The highest BCUT2D eigenvalue weighted by Gasteiger charge is 2.29. The van der Waals surface area contributed by atoms with Crippen molar-refractivity contribution in [3.63, 3.8) is 0 Å². The van der Waals surface area contributed by atoms with Gasteiger partial charge in [0.2, 0.25) is 5.91 Å². The normalized spacial score (nSPS) is 20.3. The summed E-state index contributed by atoms with van der Waals surface area (Å²) in [5.74, 6) is 0.750. The molecule has 17 heavy (non-hydrogen) atoms. The average molecular weight is 256 g/mol. The van der Waals surface area contributed by atoms with E-state index in [0.717, 1.165) is 25.1 Å². The molecule has 0 spiro atoms. The van der Waals surface area contributed by atoms with Crippen molar-refractivity contribution in [3.05, 3.63) is 17.2 Å². The molecular formula is C12H18ClN3O. The molecule has 94 valence electrons. The van der Waals surface area contributed by atoms with Gasteiger partial charge >= 0.3 is 0 Å². The van der Waals surface area contributed by atoms with Gasteiger partial charge in [-0.15, -0.1) is 0 Å². The van der Waals surface area contributed by atoms with Gasteiger partial charge < -0.3 is 9.47 Å². The lowest BCUT2D eigenvalue weighted by Gasteiger charge is -2.17. The molecule has 1 fully saturated rings. The number of aryl methyl sites for hydroxylation is 1. The maximum atomic E-state index is 11.9. The molecule has 1 aliphatic rings. The summed E-state index contributed by atoms with van der Waals surface area (Å²) in [7, 11) is 1.90. The van der Waals surface area contributed by atoms with E-state index in [1.807, 2.05) is 16.5 Å². The van der Waals surface area contributed by atoms with Crippen LogP contribution in [0.15, 0.2) is 6.33 Å². The summed E-state index contributed by atoms with van der Waals surface area (Å²) in [4.78, 5) is 17.8. The molecule has 1 aromatic heterocycles. The molecule has 0 aliphatic carbocycles. The number of halogens is 1. The first-order valence-corrected chi connectivity index (χ1v) is 6.43. The van der Waals surface area contributed by atoms with Crippen LogP contribution in [0, 0.1) is 5.92 Å². The predicted molar refractivity (Wildman–Crippen MR) is 66.7 cm³/mol. The number of hydrogen-bond acceptors (Lipinski definition) is 2. The number of nitrogens with zero attached hydrogens (tertiary/aromatic N) is 3. The maximum absolute atomic E-state index is 11.9. The van der Waals surface area contributed by atoms with Crippen molar-refractivity contribution in [2.45, 2.75) is 32.7 Å². The quantitative estimate of drug-likeness (QED) is 0.828. The number of rotatable bonds is 4. The van der Waals surface area contributed by atoms with Gasteiger partial charge in [-0.2, -0.15) is 0 Å². The Kier molecular flexibility index (Phi) is 3.72. The first-order chi connectivity index (χ1) is 8.11. The molecule has 1 amide bonds. The van der Waals surface area contributed by atoms with E-state index in [4.69, 9.17) is 11.6 Å². The number of carbonyl (C=O) groups is 1. The van der Waals surface area contributed by atoms with Gasteiger partial charge in [0.1, 0.15) is 0 Å². The van der Waals surface area contributed by atoms with Crippen LogP contribution in [0.3, 0.4) is 0 Å². The topological polar surface area (TPSA) is 38.1 Å². The Hall–Kier alpha value is -1.03. The van der Waals surface area contributed by atoms with Gasteiger partial charge in [0.05, 0.1) is 18.6 Å². The zero-order valence-corrected chi connectivity index (χ0v) is 11.1. The molecule has 0 bridgehead atoms. The Balaban J connectivity index is 2.03. The summed E-state index contributed by atoms with van der Waals surface area (Å²) in [5, 5.41) is 0.499. The summed E-state index contributed by atoms with van der Waals surface area (Å²) < 4.78 is 1.88. The lowest BCUT2D eigenvalue weighted by molar-refractivity contribution is -0.128. The third-order valence-corrected chi connectivity index (χ3v) is 3.66. The SMILES string of the molecule is CCCC1CC(=O)N(Cc2c(Cl)ncn2C)C1. The van der Waals surface area contributed by atoms with Gasteiger partial charge in [-0.05, 0) is 12.3 Å². The molecule has 1 unspecified atom stereocenters. The Morgan fingerprint density at radius 1 is 1.59 bits per heavy atom. The number of amides is 1. The molecule has 1 saturated heterocycles. The van der Waals surface area contributed by atoms with Gasteiger partial charge in [-0.1, -0.05) is 24.9 Å². The Morgan fingerprint density at radius 3 is 2.94 bits per heavy atom. The molecule has 0 radical (unpaired) electrons. The minimum atomic E-state index is 0.237. The van der Waals surface area contributed by atoms with Crippen LogP contribution in [0.4, 0.5) is 0 Å². The first-order valence-electron chi connectivity index (χ1n) is 6.05. The van der Waals surface area contributed by atoms with E-state index >= 15 is 0 Å². The maximum Gasteiger partial charge on any atom is 0.223 e. The van der Waals surface area contributed by atoms with Crippen LogP contribution in [0.2, 0.25) is 5.15 Å². The van der Waals surface area contributed by atoms with E-state index in [-0.39, 0.29) is 5.91 Å². The van der Waals surface area contributed by atoms with Gasteiger partial charge in [0, 0.05) is 20.0 Å². The smallest absolute Gasteiger partial charge is 0.223 e. The molecule has 0 N–H and O–H groups in total. The molecule has 1 atom stereocenters. The van der Waals surface area contributed by atoms with Gasteiger partial charge in [-0.25, -0.2) is 4.98 Å². The van der Waals surface area contributed by atoms with E-state index < -0.39 is 0 Å². The monoisotopic (exact) mass is 255 g/mol. The van der Waals surface area contributed by atoms with Crippen LogP contribution in [-0.2, 0) is 18.4 Å². The molecule has 0 saturated carbocycles. The van der Waals surface area contributed by atoms with Crippen molar-refractivity contribution < 1.29 is 4.79 Å². The van der Waals surface area contributed by atoms with Crippen molar-refractivity contribution >= 4 is 17.5 Å². The largest absolute Gasteiger partial charge is 0.336 e. The lowest BCUT2D eigenvalue weighted by Crippen LogP contribution is -2.25. The Labute approximate surface area is 107 Å². The number of hydrogen-bond donors (Lipinski definition) is 0. The predicted octanol–water partition coefficient (Wildman–Crippen LogP) is 2.22. The van der Waals surface area contributed by atoms with Crippen LogP contribution in [0.1, 0.15) is 31.9 Å². The Morgan fingerprint density at radius 2 is 2.35 bits per heavy atom. The van der Waals surface area contributed by atoms with Crippen molar-refractivity contribution in [2.75, 3.05) is 6.54 Å². The minimum Gasteiger partial charge on any atom is -0.336 e. The highest BCUT2D eigenvalue weighted by molar-refractivity contribution is 6.30. The number of carbonyl (C=O) groups excluding carboxylic acids is 1. The fourth-order valence-corrected chi connectivity index (χ4v) is 2.63. The zero-order valence-electron chi connectivity index (χ0n) is 10.3. The van der Waals surface area contributed by atoms with Gasteiger partial charge in [0.25, 0.3) is 0 Å². The third kappa shape index (κ3) is 2.63. The first kappa shape index (κ1) is 12.4. The molecule has 0 aromatic carbocycles. The van der Waals surface area contributed by atoms with Crippen molar-refractivity contribution in [1.82, 2.24) is 14.5 Å². The summed E-state index contributed by atoms with van der Waals surface area (Å²) >= 11 is 6.00. The summed E-state index contributed by atoms with van der Waals surface area (Å²) in [6.45, 7) is 3.59. The molecule has 2 heterocycles. The van der Waals surface area contributed by atoms with E-state index in [1.165, 1.54) is 0 Å². The minimum absolute atomic E-state index is 0.237. The van der Waals surface area contributed by atoms with E-state index in [9.17, 15) is 4.79 Å². The number of imidazole rings is 1. The second-order valence-electron chi connectivity index (χ2n) is 4.73. The molecular weight excluding hydrogens is 238 g/mol. The van der Waals surface area contributed by atoms with Gasteiger partial charge in [-0.3, -0.25) is 4.79 Å². The molecule has 1 aromatic rings. The number of likely N-dealkylation sites (tertiary alicyclic amines) is 1. The van der Waals surface area contributed by atoms with Gasteiger partial charge in [0.15, 0.2) is 5.15 Å². The molecule has 1 aliphatic heterocycles. The van der Waals surface area contributed by atoms with Crippen LogP contribution in [0.25, 0.3) is 0 Å². The third-order valence-electron chi connectivity index (χ3n) is 3.34. The van der Waals surface area contributed by atoms with Crippen LogP contribution in [-0.4, -0.2) is 26.9 Å².